The highest BCUT2D eigenvalue weighted by atomic mass is 32.2. The molecular weight excluding hydrogens is 364 g/mol. The van der Waals surface area contributed by atoms with Gasteiger partial charge in [-0.3, -0.25) is 9.59 Å². The molecule has 2 rings (SSSR count). The molecule has 6 nitrogen and oxygen atoms in total. The predicted molar refractivity (Wildman–Crippen MR) is 109 cm³/mol. The van der Waals surface area contributed by atoms with Crippen LogP contribution in [0.3, 0.4) is 0 Å². The van der Waals surface area contributed by atoms with E-state index in [1.807, 2.05) is 0 Å². The molecule has 0 unspecified atom stereocenters. The molecule has 0 radical (unpaired) electrons. The zero-order valence-corrected chi connectivity index (χ0v) is 17.8. The molecule has 27 heavy (non-hydrogen) atoms. The third kappa shape index (κ3) is 7.27. The van der Waals surface area contributed by atoms with E-state index in [1.54, 1.807) is 11.8 Å². The first kappa shape index (κ1) is 22.5. The smallest absolute Gasteiger partial charge is 0.221 e. The lowest BCUT2D eigenvalue weighted by Gasteiger charge is -2.37. The molecule has 0 bridgehead atoms. The third-order valence-corrected chi connectivity index (χ3v) is 7.00. The highest BCUT2D eigenvalue weighted by molar-refractivity contribution is 7.99. The van der Waals surface area contributed by atoms with Gasteiger partial charge in [-0.05, 0) is 38.5 Å². The van der Waals surface area contributed by atoms with Crippen molar-refractivity contribution in [3.63, 3.8) is 0 Å². The summed E-state index contributed by atoms with van der Waals surface area (Å²) in [7, 11) is 0. The minimum atomic E-state index is -0.0853. The highest BCUT2D eigenvalue weighted by Gasteiger charge is 2.33. The second kappa shape index (κ2) is 11.3. The average molecular weight is 401 g/mol. The van der Waals surface area contributed by atoms with Crippen molar-refractivity contribution in [1.82, 2.24) is 10.6 Å². The fourth-order valence-electron chi connectivity index (χ4n) is 3.81. The van der Waals surface area contributed by atoms with Crippen LogP contribution in [0.4, 0.5) is 0 Å². The van der Waals surface area contributed by atoms with Crippen molar-refractivity contribution in [2.24, 2.45) is 0 Å². The largest absolute Gasteiger partial charge is 0.381 e. The Balaban J connectivity index is 1.59. The third-order valence-electron chi connectivity index (χ3n) is 6.01. The van der Waals surface area contributed by atoms with E-state index in [4.69, 9.17) is 9.47 Å². The van der Waals surface area contributed by atoms with E-state index in [0.717, 1.165) is 76.5 Å². The molecule has 0 aromatic heterocycles. The summed E-state index contributed by atoms with van der Waals surface area (Å²) in [5.41, 5.74) is -0.171. The zero-order valence-electron chi connectivity index (χ0n) is 16.9. The van der Waals surface area contributed by atoms with Gasteiger partial charge in [-0.2, -0.15) is 11.8 Å². The van der Waals surface area contributed by atoms with Crippen LogP contribution in [-0.2, 0) is 19.1 Å². The van der Waals surface area contributed by atoms with E-state index < -0.39 is 0 Å². The van der Waals surface area contributed by atoms with E-state index in [1.165, 1.54) is 0 Å². The molecule has 2 amide bonds. The van der Waals surface area contributed by atoms with Crippen LogP contribution in [0.2, 0.25) is 0 Å². The Labute approximate surface area is 167 Å². The highest BCUT2D eigenvalue weighted by Crippen LogP contribution is 2.25. The van der Waals surface area contributed by atoms with Gasteiger partial charge in [0.2, 0.25) is 11.8 Å². The Bertz CT molecular complexity index is 433. The molecule has 2 aliphatic rings. The first-order valence-electron chi connectivity index (χ1n) is 10.4. The van der Waals surface area contributed by atoms with Gasteiger partial charge in [0, 0.05) is 61.9 Å². The molecule has 2 saturated heterocycles. The SMILES string of the molecule is CCC1(NC(=O)CCSCCC(=O)NC2(CC)CCOCC2)CCOCC1. The van der Waals surface area contributed by atoms with E-state index in [0.29, 0.717) is 12.8 Å². The Hall–Kier alpha value is -0.790. The number of amides is 2. The van der Waals surface area contributed by atoms with Crippen molar-refractivity contribution in [2.45, 2.75) is 76.3 Å². The van der Waals surface area contributed by atoms with E-state index in [2.05, 4.69) is 24.5 Å². The standard InChI is InChI=1S/C20H36N2O4S/c1-3-19(7-11-25-12-8-19)21-17(23)5-15-27-16-6-18(24)22-20(4-2)9-13-26-14-10-20/h3-16H2,1-2H3,(H,21,23)(H,22,24). The Morgan fingerprint density at radius 2 is 1.15 bits per heavy atom. The normalized spacial score (nSPS) is 21.4. The van der Waals surface area contributed by atoms with Crippen LogP contribution >= 0.6 is 11.8 Å². The second-order valence-corrected chi connectivity index (χ2v) is 8.93. The van der Waals surface area contributed by atoms with Crippen LogP contribution in [-0.4, -0.2) is 60.8 Å². The summed E-state index contributed by atoms with van der Waals surface area (Å²) in [6.07, 6.45) is 6.48. The van der Waals surface area contributed by atoms with Gasteiger partial charge in [0.05, 0.1) is 0 Å². The second-order valence-electron chi connectivity index (χ2n) is 7.70. The lowest BCUT2D eigenvalue weighted by Crippen LogP contribution is -2.51. The van der Waals surface area contributed by atoms with Crippen molar-refractivity contribution in [3.05, 3.63) is 0 Å². The topological polar surface area (TPSA) is 76.7 Å². The van der Waals surface area contributed by atoms with Gasteiger partial charge in [-0.15, -0.1) is 0 Å². The maximum absolute atomic E-state index is 12.3. The number of ether oxygens (including phenoxy) is 2. The molecule has 7 heteroatoms. The molecule has 0 aliphatic carbocycles. The van der Waals surface area contributed by atoms with Gasteiger partial charge in [-0.25, -0.2) is 0 Å². The van der Waals surface area contributed by atoms with Crippen LogP contribution in [0.5, 0.6) is 0 Å². The zero-order chi connectivity index (χ0) is 19.6. The molecular formula is C20H36N2O4S. The minimum absolute atomic E-state index is 0.0853. The summed E-state index contributed by atoms with van der Waals surface area (Å²) in [5.74, 6) is 1.73. The van der Waals surface area contributed by atoms with Crippen molar-refractivity contribution >= 4 is 23.6 Å². The van der Waals surface area contributed by atoms with Crippen LogP contribution in [0, 0.1) is 0 Å². The summed E-state index contributed by atoms with van der Waals surface area (Å²) < 4.78 is 10.8. The van der Waals surface area contributed by atoms with E-state index >= 15 is 0 Å². The van der Waals surface area contributed by atoms with Gasteiger partial charge in [0.15, 0.2) is 0 Å². The van der Waals surface area contributed by atoms with Crippen LogP contribution in [0.25, 0.3) is 0 Å². The minimum Gasteiger partial charge on any atom is -0.381 e. The number of thioether (sulfide) groups is 1. The van der Waals surface area contributed by atoms with Crippen molar-refractivity contribution in [2.75, 3.05) is 37.9 Å². The first-order valence-corrected chi connectivity index (χ1v) is 11.5. The van der Waals surface area contributed by atoms with Gasteiger partial charge < -0.3 is 20.1 Å². The molecule has 0 aromatic rings. The lowest BCUT2D eigenvalue weighted by molar-refractivity contribution is -0.124. The number of carbonyl (C=O) groups is 2. The van der Waals surface area contributed by atoms with E-state index in [-0.39, 0.29) is 22.9 Å². The van der Waals surface area contributed by atoms with Gasteiger partial charge >= 0.3 is 0 Å². The van der Waals surface area contributed by atoms with Crippen LogP contribution in [0.15, 0.2) is 0 Å². The summed E-state index contributed by atoms with van der Waals surface area (Å²) in [6, 6.07) is 0. The summed E-state index contributed by atoms with van der Waals surface area (Å²) in [4.78, 5) is 24.5. The number of hydrogen-bond acceptors (Lipinski definition) is 5. The summed E-state index contributed by atoms with van der Waals surface area (Å²) in [6.45, 7) is 7.15. The van der Waals surface area contributed by atoms with Gasteiger partial charge in [0.1, 0.15) is 0 Å². The fourth-order valence-corrected chi connectivity index (χ4v) is 4.67. The number of rotatable bonds is 10. The Morgan fingerprint density at radius 1 is 0.778 bits per heavy atom. The molecule has 2 fully saturated rings. The number of hydrogen-bond donors (Lipinski definition) is 2. The molecule has 2 heterocycles. The van der Waals surface area contributed by atoms with Crippen molar-refractivity contribution < 1.29 is 19.1 Å². The van der Waals surface area contributed by atoms with Crippen LogP contribution in [0.1, 0.15) is 65.2 Å². The maximum Gasteiger partial charge on any atom is 0.221 e. The predicted octanol–water partition coefficient (Wildman–Crippen LogP) is 2.65. The van der Waals surface area contributed by atoms with Crippen LogP contribution < -0.4 is 10.6 Å². The molecule has 2 N–H and O–H groups in total. The monoisotopic (exact) mass is 400 g/mol. The first-order chi connectivity index (χ1) is 13.0. The molecule has 156 valence electrons. The molecule has 0 aromatic carbocycles. The molecule has 0 saturated carbocycles. The molecule has 0 atom stereocenters. The number of nitrogens with one attached hydrogen (secondary N) is 2. The Morgan fingerprint density at radius 3 is 1.48 bits per heavy atom. The van der Waals surface area contributed by atoms with Gasteiger partial charge in [0.25, 0.3) is 0 Å². The number of carbonyl (C=O) groups excluding carboxylic acids is 2. The molecule has 0 spiro atoms. The van der Waals surface area contributed by atoms with Crippen molar-refractivity contribution in [3.8, 4) is 0 Å². The van der Waals surface area contributed by atoms with Crippen molar-refractivity contribution in [1.29, 1.82) is 0 Å². The molecule has 2 aliphatic heterocycles. The maximum atomic E-state index is 12.3. The lowest BCUT2D eigenvalue weighted by atomic mass is 9.87. The van der Waals surface area contributed by atoms with Gasteiger partial charge in [-0.1, -0.05) is 13.8 Å². The Kier molecular flexibility index (Phi) is 9.39. The quantitative estimate of drug-likeness (QED) is 0.551. The fraction of sp³-hybridized carbons (Fsp3) is 0.900. The summed E-state index contributed by atoms with van der Waals surface area (Å²) in [5, 5.41) is 6.45. The summed E-state index contributed by atoms with van der Waals surface area (Å²) >= 11 is 1.68. The van der Waals surface area contributed by atoms with E-state index in [9.17, 15) is 9.59 Å². The average Bonchev–Trinajstić information content (AvgIpc) is 2.69.